The number of nitrogens with zero attached hydrogens (tertiary/aromatic N) is 2. The van der Waals surface area contributed by atoms with E-state index < -0.39 is 0 Å². The van der Waals surface area contributed by atoms with Gasteiger partial charge < -0.3 is 14.7 Å². The third-order valence-corrected chi connectivity index (χ3v) is 2.71. The second kappa shape index (κ2) is 4.63. The van der Waals surface area contributed by atoms with Crippen LogP contribution in [0.5, 0.6) is 0 Å². The summed E-state index contributed by atoms with van der Waals surface area (Å²) in [4.78, 5) is 13.3. The van der Waals surface area contributed by atoms with Gasteiger partial charge in [-0.05, 0) is 6.07 Å². The summed E-state index contributed by atoms with van der Waals surface area (Å²) in [5.41, 5.74) is 2.23. The molecule has 0 aliphatic rings. The Bertz CT molecular complexity index is 313. The minimum absolute atomic E-state index is 0.158. The minimum atomic E-state index is -0.158. The Morgan fingerprint density at radius 3 is 2.14 bits per heavy atom. The third kappa shape index (κ3) is 2.17. The van der Waals surface area contributed by atoms with E-state index in [1.165, 1.54) is 0 Å². The van der Waals surface area contributed by atoms with E-state index in [0.29, 0.717) is 0 Å². The lowest BCUT2D eigenvalue weighted by Crippen LogP contribution is -2.21. The van der Waals surface area contributed by atoms with Gasteiger partial charge in [0.05, 0.1) is 11.4 Å². The standard InChI is InChI=1S/C10H17N2OP/c1-11(2)8-6-5-7-9(14-13)10(8)12(3)4/h5-7,13-14H,1-4H3. The molecule has 1 rings (SSSR count). The first-order chi connectivity index (χ1) is 6.57. The number of hydrogen-bond acceptors (Lipinski definition) is 3. The lowest BCUT2D eigenvalue weighted by molar-refractivity contribution is 0.655. The van der Waals surface area contributed by atoms with Gasteiger partial charge in [-0.15, -0.1) is 0 Å². The number of rotatable bonds is 3. The van der Waals surface area contributed by atoms with Gasteiger partial charge in [0.15, 0.2) is 0 Å². The minimum Gasteiger partial charge on any atom is -0.376 e. The van der Waals surface area contributed by atoms with E-state index in [4.69, 9.17) is 0 Å². The van der Waals surface area contributed by atoms with Crippen LogP contribution in [0, 0.1) is 0 Å². The topological polar surface area (TPSA) is 26.7 Å². The fourth-order valence-corrected chi connectivity index (χ4v) is 2.08. The first-order valence-corrected chi connectivity index (χ1v) is 5.40. The maximum absolute atomic E-state index is 9.26. The normalized spacial score (nSPS) is 10.9. The van der Waals surface area contributed by atoms with Gasteiger partial charge in [0.1, 0.15) is 0 Å². The van der Waals surface area contributed by atoms with Crippen molar-refractivity contribution in [2.75, 3.05) is 38.0 Å². The lowest BCUT2D eigenvalue weighted by Gasteiger charge is -2.24. The van der Waals surface area contributed by atoms with Crippen molar-refractivity contribution in [3.05, 3.63) is 18.2 Å². The van der Waals surface area contributed by atoms with E-state index in [9.17, 15) is 4.89 Å². The van der Waals surface area contributed by atoms with Gasteiger partial charge in [-0.1, -0.05) is 12.1 Å². The van der Waals surface area contributed by atoms with Crippen molar-refractivity contribution in [3.63, 3.8) is 0 Å². The van der Waals surface area contributed by atoms with Crippen molar-refractivity contribution in [2.45, 2.75) is 0 Å². The molecule has 78 valence electrons. The average Bonchev–Trinajstić information content (AvgIpc) is 2.16. The zero-order chi connectivity index (χ0) is 10.7. The summed E-state index contributed by atoms with van der Waals surface area (Å²) in [5, 5.41) is 0.987. The first kappa shape index (κ1) is 11.3. The van der Waals surface area contributed by atoms with Crippen LogP contribution in [-0.2, 0) is 0 Å². The Hall–Kier alpha value is -0.790. The molecule has 0 amide bonds. The van der Waals surface area contributed by atoms with Crippen LogP contribution in [0.4, 0.5) is 11.4 Å². The number of benzene rings is 1. The molecule has 0 saturated heterocycles. The Labute approximate surface area is 87.2 Å². The van der Waals surface area contributed by atoms with Gasteiger partial charge in [-0.2, -0.15) is 0 Å². The van der Waals surface area contributed by atoms with Crippen LogP contribution in [0.2, 0.25) is 0 Å². The number of hydrogen-bond donors (Lipinski definition) is 1. The second-order valence-electron chi connectivity index (χ2n) is 3.57. The molecule has 0 fully saturated rings. The van der Waals surface area contributed by atoms with Crippen molar-refractivity contribution in [2.24, 2.45) is 0 Å². The Morgan fingerprint density at radius 2 is 1.71 bits per heavy atom. The zero-order valence-corrected chi connectivity index (χ0v) is 10.1. The maximum atomic E-state index is 9.26. The highest BCUT2D eigenvalue weighted by molar-refractivity contribution is 7.41. The molecule has 0 aliphatic carbocycles. The van der Waals surface area contributed by atoms with Crippen LogP contribution in [0.25, 0.3) is 0 Å². The van der Waals surface area contributed by atoms with E-state index in [-0.39, 0.29) is 8.81 Å². The molecule has 0 aromatic heterocycles. The summed E-state index contributed by atoms with van der Waals surface area (Å²) in [6.07, 6.45) is 0. The molecule has 0 radical (unpaired) electrons. The molecule has 0 aliphatic heterocycles. The summed E-state index contributed by atoms with van der Waals surface area (Å²) in [5.74, 6) is 0. The van der Waals surface area contributed by atoms with E-state index in [1.54, 1.807) is 0 Å². The van der Waals surface area contributed by atoms with Gasteiger partial charge in [-0.25, -0.2) is 0 Å². The van der Waals surface area contributed by atoms with Crippen LogP contribution in [-0.4, -0.2) is 33.1 Å². The predicted molar refractivity (Wildman–Crippen MR) is 65.3 cm³/mol. The molecule has 4 heteroatoms. The molecule has 1 atom stereocenters. The molecule has 3 nitrogen and oxygen atoms in total. The Morgan fingerprint density at radius 1 is 1.07 bits per heavy atom. The van der Waals surface area contributed by atoms with Crippen molar-refractivity contribution in [1.29, 1.82) is 0 Å². The zero-order valence-electron chi connectivity index (χ0n) is 9.07. The summed E-state index contributed by atoms with van der Waals surface area (Å²) >= 11 is 0. The van der Waals surface area contributed by atoms with Crippen molar-refractivity contribution in [1.82, 2.24) is 0 Å². The van der Waals surface area contributed by atoms with Gasteiger partial charge in [0, 0.05) is 42.3 Å². The van der Waals surface area contributed by atoms with Gasteiger partial charge in [0.2, 0.25) is 0 Å². The SMILES string of the molecule is CN(C)c1cccc(PO)c1N(C)C. The van der Waals surface area contributed by atoms with Crippen molar-refractivity contribution >= 4 is 25.5 Å². The highest BCUT2D eigenvalue weighted by atomic mass is 31.1. The summed E-state index contributed by atoms with van der Waals surface area (Å²) in [7, 11) is 7.84. The quantitative estimate of drug-likeness (QED) is 0.758. The average molecular weight is 212 g/mol. The van der Waals surface area contributed by atoms with E-state index in [2.05, 4.69) is 11.0 Å². The summed E-state index contributed by atoms with van der Waals surface area (Å²) < 4.78 is 0. The van der Waals surface area contributed by atoms with Gasteiger partial charge in [0.25, 0.3) is 0 Å². The van der Waals surface area contributed by atoms with Crippen LogP contribution in [0.15, 0.2) is 18.2 Å². The molecule has 1 unspecified atom stereocenters. The fraction of sp³-hybridized carbons (Fsp3) is 0.400. The van der Waals surface area contributed by atoms with E-state index in [1.807, 2.05) is 45.2 Å². The van der Waals surface area contributed by atoms with Crippen molar-refractivity contribution in [3.8, 4) is 0 Å². The molecular formula is C10H17N2OP. The van der Waals surface area contributed by atoms with Crippen molar-refractivity contribution < 1.29 is 4.89 Å². The van der Waals surface area contributed by atoms with E-state index >= 15 is 0 Å². The highest BCUT2D eigenvalue weighted by Gasteiger charge is 2.10. The van der Waals surface area contributed by atoms with Crippen LogP contribution in [0.1, 0.15) is 0 Å². The molecule has 0 heterocycles. The van der Waals surface area contributed by atoms with Crippen LogP contribution >= 0.6 is 8.81 Å². The van der Waals surface area contributed by atoms with Crippen LogP contribution in [0.3, 0.4) is 0 Å². The molecule has 0 saturated carbocycles. The maximum Gasteiger partial charge on any atom is 0.0696 e. The monoisotopic (exact) mass is 212 g/mol. The van der Waals surface area contributed by atoms with E-state index in [0.717, 1.165) is 16.7 Å². The second-order valence-corrected chi connectivity index (χ2v) is 4.34. The number of anilines is 2. The molecule has 1 aromatic carbocycles. The predicted octanol–water partition coefficient (Wildman–Crippen LogP) is 1.03. The molecule has 1 aromatic rings. The molecule has 0 bridgehead atoms. The fourth-order valence-electron chi connectivity index (χ4n) is 1.45. The largest absolute Gasteiger partial charge is 0.376 e. The molecule has 0 spiro atoms. The first-order valence-electron chi connectivity index (χ1n) is 4.45. The molecule has 14 heavy (non-hydrogen) atoms. The Kier molecular flexibility index (Phi) is 3.73. The smallest absolute Gasteiger partial charge is 0.0696 e. The number of para-hydroxylation sites is 1. The van der Waals surface area contributed by atoms with Crippen LogP contribution < -0.4 is 15.1 Å². The lowest BCUT2D eigenvalue weighted by atomic mass is 10.2. The molecular weight excluding hydrogens is 195 g/mol. The van der Waals surface area contributed by atoms with Gasteiger partial charge in [-0.3, -0.25) is 0 Å². The highest BCUT2D eigenvalue weighted by Crippen LogP contribution is 2.27. The Balaban J connectivity index is 3.28. The summed E-state index contributed by atoms with van der Waals surface area (Å²) in [6.45, 7) is 0. The summed E-state index contributed by atoms with van der Waals surface area (Å²) in [6, 6.07) is 5.99. The third-order valence-electron chi connectivity index (χ3n) is 2.06. The van der Waals surface area contributed by atoms with Gasteiger partial charge >= 0.3 is 0 Å². The molecule has 1 N–H and O–H groups in total.